The van der Waals surface area contributed by atoms with E-state index in [0.29, 0.717) is 11.1 Å². The zero-order chi connectivity index (χ0) is 17.0. The number of aromatic hydroxyl groups is 3. The molecule has 0 fully saturated rings. The highest BCUT2D eigenvalue weighted by molar-refractivity contribution is 5.45. The predicted molar refractivity (Wildman–Crippen MR) is 86.4 cm³/mol. The van der Waals surface area contributed by atoms with E-state index in [9.17, 15) is 15.3 Å². The van der Waals surface area contributed by atoms with E-state index in [1.807, 2.05) is 26.0 Å². The lowest BCUT2D eigenvalue weighted by Gasteiger charge is -2.13. The molecule has 0 amide bonds. The first-order chi connectivity index (χ1) is 11.0. The van der Waals surface area contributed by atoms with Gasteiger partial charge in [-0.1, -0.05) is 24.6 Å². The summed E-state index contributed by atoms with van der Waals surface area (Å²) in [6, 6.07) is 6.49. The maximum absolute atomic E-state index is 10.2. The van der Waals surface area contributed by atoms with Crippen LogP contribution in [0, 0.1) is 6.92 Å². The maximum atomic E-state index is 10.2. The topological polar surface area (TPSA) is 90.2 Å². The van der Waals surface area contributed by atoms with Gasteiger partial charge in [-0.15, -0.1) is 0 Å². The van der Waals surface area contributed by atoms with Gasteiger partial charge in [0, 0.05) is 16.7 Å². The Kier molecular flexibility index (Phi) is 5.47. The van der Waals surface area contributed by atoms with E-state index in [1.54, 1.807) is 0 Å². The molecule has 0 aliphatic rings. The molecule has 4 N–H and O–H groups in total. The molecule has 0 bridgehead atoms. The summed E-state index contributed by atoms with van der Waals surface area (Å²) >= 11 is 0. The highest BCUT2D eigenvalue weighted by Gasteiger charge is 2.11. The number of hydrogen-bond acceptors (Lipinski definition) is 5. The molecule has 5 heteroatoms. The van der Waals surface area contributed by atoms with Crippen molar-refractivity contribution in [3.8, 4) is 17.2 Å². The van der Waals surface area contributed by atoms with Gasteiger partial charge in [-0.3, -0.25) is 0 Å². The number of phenols is 3. The summed E-state index contributed by atoms with van der Waals surface area (Å²) in [7, 11) is 0. The molecule has 0 atom stereocenters. The Hall–Kier alpha value is -2.24. The van der Waals surface area contributed by atoms with E-state index in [-0.39, 0.29) is 42.6 Å². The smallest absolute Gasteiger partial charge is 0.126 e. The summed E-state index contributed by atoms with van der Waals surface area (Å²) in [5.74, 6) is 0.0967. The molecule has 5 nitrogen and oxygen atoms in total. The number of phenolic OH excluding ortho intramolecular Hbond substituents is 2. The number of rotatable bonds is 6. The first-order valence-electron chi connectivity index (χ1n) is 7.50. The van der Waals surface area contributed by atoms with Crippen molar-refractivity contribution in [1.29, 1.82) is 0 Å². The normalized spacial score (nSPS) is 10.9. The fraction of sp³-hybridized carbons (Fsp3) is 0.333. The molecular weight excluding hydrogens is 296 g/mol. The summed E-state index contributed by atoms with van der Waals surface area (Å²) in [4.78, 5) is 0. The molecule has 0 saturated carbocycles. The highest BCUT2D eigenvalue weighted by atomic mass is 16.5. The lowest BCUT2D eigenvalue weighted by Crippen LogP contribution is -1.99. The number of aryl methyl sites for hydroxylation is 2. The zero-order valence-electron chi connectivity index (χ0n) is 13.3. The average molecular weight is 318 g/mol. The Bertz CT molecular complexity index is 635. The van der Waals surface area contributed by atoms with E-state index in [2.05, 4.69) is 0 Å². The molecule has 0 heterocycles. The van der Waals surface area contributed by atoms with E-state index in [4.69, 9.17) is 9.84 Å². The summed E-state index contributed by atoms with van der Waals surface area (Å²) in [5, 5.41) is 38.9. The van der Waals surface area contributed by atoms with Crippen molar-refractivity contribution in [2.75, 3.05) is 0 Å². The van der Waals surface area contributed by atoms with Crippen LogP contribution in [0.1, 0.15) is 34.7 Å². The molecular formula is C18H22O5. The molecule has 2 rings (SSSR count). The Balaban J connectivity index is 2.12. The zero-order valence-corrected chi connectivity index (χ0v) is 13.3. The fourth-order valence-electron chi connectivity index (χ4n) is 2.56. The Morgan fingerprint density at radius 1 is 0.826 bits per heavy atom. The minimum absolute atomic E-state index is 0.0443. The van der Waals surface area contributed by atoms with Crippen molar-refractivity contribution in [1.82, 2.24) is 0 Å². The molecule has 0 aliphatic heterocycles. The van der Waals surface area contributed by atoms with Crippen molar-refractivity contribution in [2.45, 2.75) is 40.1 Å². The van der Waals surface area contributed by atoms with Gasteiger partial charge in [0.25, 0.3) is 0 Å². The third-order valence-electron chi connectivity index (χ3n) is 3.73. The highest BCUT2D eigenvalue weighted by Crippen LogP contribution is 2.30. The number of aliphatic hydroxyl groups excluding tert-OH is 1. The van der Waals surface area contributed by atoms with Crippen LogP contribution >= 0.6 is 0 Å². The van der Waals surface area contributed by atoms with Crippen LogP contribution in [-0.4, -0.2) is 20.4 Å². The van der Waals surface area contributed by atoms with Crippen LogP contribution in [0.4, 0.5) is 0 Å². The second kappa shape index (κ2) is 7.35. The fourth-order valence-corrected chi connectivity index (χ4v) is 2.56. The first-order valence-corrected chi connectivity index (χ1v) is 7.50. The van der Waals surface area contributed by atoms with Crippen molar-refractivity contribution < 1.29 is 25.2 Å². The van der Waals surface area contributed by atoms with Crippen molar-refractivity contribution >= 4 is 0 Å². The summed E-state index contributed by atoms with van der Waals surface area (Å²) in [6.45, 7) is 3.80. The van der Waals surface area contributed by atoms with Crippen LogP contribution in [0.15, 0.2) is 24.3 Å². The quantitative estimate of drug-likeness (QED) is 0.615. The van der Waals surface area contributed by atoms with Crippen molar-refractivity contribution in [2.24, 2.45) is 0 Å². The Labute approximate surface area is 135 Å². The van der Waals surface area contributed by atoms with Gasteiger partial charge < -0.3 is 25.2 Å². The van der Waals surface area contributed by atoms with Gasteiger partial charge >= 0.3 is 0 Å². The van der Waals surface area contributed by atoms with Crippen LogP contribution in [0.3, 0.4) is 0 Å². The lowest BCUT2D eigenvalue weighted by molar-refractivity contribution is 0.103. The molecule has 2 aromatic carbocycles. The molecule has 23 heavy (non-hydrogen) atoms. The van der Waals surface area contributed by atoms with Crippen LogP contribution < -0.4 is 0 Å². The average Bonchev–Trinajstić information content (AvgIpc) is 2.53. The van der Waals surface area contributed by atoms with Crippen LogP contribution in [0.25, 0.3) is 0 Å². The molecule has 0 radical (unpaired) electrons. The monoisotopic (exact) mass is 318 g/mol. The van der Waals surface area contributed by atoms with Gasteiger partial charge in [0.05, 0.1) is 19.8 Å². The second-order valence-corrected chi connectivity index (χ2v) is 5.55. The molecule has 0 aliphatic carbocycles. The summed E-state index contributed by atoms with van der Waals surface area (Å²) in [5.41, 5.74) is 3.23. The second-order valence-electron chi connectivity index (χ2n) is 5.55. The largest absolute Gasteiger partial charge is 0.508 e. The third kappa shape index (κ3) is 3.94. The number of aliphatic hydroxyl groups is 1. The van der Waals surface area contributed by atoms with E-state index in [1.165, 1.54) is 12.1 Å². The van der Waals surface area contributed by atoms with Crippen LogP contribution in [-0.2, 0) is 31.0 Å². The Morgan fingerprint density at radius 2 is 1.35 bits per heavy atom. The molecule has 0 unspecified atom stereocenters. The van der Waals surface area contributed by atoms with Gasteiger partial charge in [-0.25, -0.2) is 0 Å². The number of hydrogen-bond donors (Lipinski definition) is 4. The molecule has 124 valence electrons. The lowest BCUT2D eigenvalue weighted by atomic mass is 10.0. The van der Waals surface area contributed by atoms with E-state index in [0.717, 1.165) is 17.5 Å². The van der Waals surface area contributed by atoms with Crippen molar-refractivity contribution in [3.05, 3.63) is 52.1 Å². The SMILES string of the molecule is CCc1cc(C)cc(COCc2cc(O)cc(CO)c2O)c1O. The number of ether oxygens (including phenoxy) is 1. The maximum Gasteiger partial charge on any atom is 0.126 e. The third-order valence-corrected chi connectivity index (χ3v) is 3.73. The summed E-state index contributed by atoms with van der Waals surface area (Å²) < 4.78 is 5.56. The van der Waals surface area contributed by atoms with Gasteiger partial charge in [-0.05, 0) is 31.0 Å². The predicted octanol–water partition coefficient (Wildman–Crippen LogP) is 2.88. The minimum Gasteiger partial charge on any atom is -0.508 e. The van der Waals surface area contributed by atoms with Gasteiger partial charge in [-0.2, -0.15) is 0 Å². The first kappa shape index (κ1) is 17.1. The summed E-state index contributed by atoms with van der Waals surface area (Å²) in [6.07, 6.45) is 0.730. The van der Waals surface area contributed by atoms with Crippen molar-refractivity contribution in [3.63, 3.8) is 0 Å². The van der Waals surface area contributed by atoms with Crippen LogP contribution in [0.5, 0.6) is 17.2 Å². The van der Waals surface area contributed by atoms with Gasteiger partial charge in [0.1, 0.15) is 17.2 Å². The molecule has 0 saturated heterocycles. The van der Waals surface area contributed by atoms with E-state index >= 15 is 0 Å². The Morgan fingerprint density at radius 3 is 1.96 bits per heavy atom. The van der Waals surface area contributed by atoms with Gasteiger partial charge in [0.2, 0.25) is 0 Å². The number of benzene rings is 2. The standard InChI is InChI=1S/C18H22O5/c1-3-12-4-11(2)5-14(17(12)21)9-23-10-15-7-16(20)6-13(8-19)18(15)22/h4-7,19-22H,3,8-10H2,1-2H3. The minimum atomic E-state index is -0.369. The molecule has 0 aromatic heterocycles. The van der Waals surface area contributed by atoms with Crippen LogP contribution in [0.2, 0.25) is 0 Å². The van der Waals surface area contributed by atoms with Gasteiger partial charge in [0.15, 0.2) is 0 Å². The molecule has 2 aromatic rings. The molecule has 0 spiro atoms. The van der Waals surface area contributed by atoms with E-state index < -0.39 is 0 Å².